The van der Waals surface area contributed by atoms with Crippen LogP contribution in [0.1, 0.15) is 5.69 Å². The molecule has 0 atom stereocenters. The maximum absolute atomic E-state index is 8.59. The van der Waals surface area contributed by atoms with Gasteiger partial charge in [0, 0.05) is 12.4 Å². The minimum Gasteiger partial charge on any atom is -0.390 e. The minimum absolute atomic E-state index is 0.0750. The van der Waals surface area contributed by atoms with Crippen molar-refractivity contribution in [3.8, 4) is 0 Å². The summed E-state index contributed by atoms with van der Waals surface area (Å²) in [6.07, 6.45) is 3.10. The van der Waals surface area contributed by atoms with E-state index in [9.17, 15) is 0 Å². The summed E-state index contributed by atoms with van der Waals surface area (Å²) in [6, 6.07) is 0. The van der Waals surface area contributed by atoms with Crippen LogP contribution in [0.15, 0.2) is 17.0 Å². The van der Waals surface area contributed by atoms with Crippen molar-refractivity contribution >= 4 is 15.9 Å². The fraction of sp³-hybridized carbons (Fsp3) is 0.200. The average molecular weight is 189 g/mol. The van der Waals surface area contributed by atoms with Gasteiger partial charge in [-0.05, 0) is 15.9 Å². The number of aliphatic hydroxyl groups is 1. The zero-order chi connectivity index (χ0) is 6.69. The summed E-state index contributed by atoms with van der Waals surface area (Å²) in [5.41, 5.74) is 0.567. The molecule has 0 saturated carbocycles. The quantitative estimate of drug-likeness (QED) is 0.708. The molecule has 4 heteroatoms. The Hall–Kier alpha value is -0.480. The molecule has 1 aromatic heterocycles. The third-order valence-corrected chi connectivity index (χ3v) is 1.54. The van der Waals surface area contributed by atoms with E-state index in [-0.39, 0.29) is 6.61 Å². The van der Waals surface area contributed by atoms with Crippen LogP contribution in [0.4, 0.5) is 0 Å². The Balaban J connectivity index is 3.01. The maximum Gasteiger partial charge on any atom is 0.129 e. The van der Waals surface area contributed by atoms with Crippen molar-refractivity contribution in [2.75, 3.05) is 0 Å². The molecule has 48 valence electrons. The van der Waals surface area contributed by atoms with Gasteiger partial charge >= 0.3 is 0 Å². The number of nitrogens with zero attached hydrogens (tertiary/aromatic N) is 2. The Morgan fingerprint density at radius 3 is 2.56 bits per heavy atom. The van der Waals surface area contributed by atoms with Crippen molar-refractivity contribution in [1.29, 1.82) is 0 Å². The van der Waals surface area contributed by atoms with Crippen LogP contribution >= 0.6 is 15.9 Å². The van der Waals surface area contributed by atoms with E-state index in [0.717, 1.165) is 0 Å². The summed E-state index contributed by atoms with van der Waals surface area (Å²) in [7, 11) is 0. The predicted octanol–water partition coefficient (Wildman–Crippen LogP) is 0.731. The molecule has 0 fully saturated rings. The van der Waals surface area contributed by atoms with Crippen LogP contribution in [0.5, 0.6) is 0 Å². The zero-order valence-corrected chi connectivity index (χ0v) is 6.17. The highest BCUT2D eigenvalue weighted by atomic mass is 79.9. The van der Waals surface area contributed by atoms with Gasteiger partial charge in [0.15, 0.2) is 0 Å². The van der Waals surface area contributed by atoms with Crippen molar-refractivity contribution in [1.82, 2.24) is 9.97 Å². The summed E-state index contributed by atoms with van der Waals surface area (Å²) < 4.78 is 0.604. The van der Waals surface area contributed by atoms with Crippen LogP contribution in [-0.4, -0.2) is 15.1 Å². The second-order valence-corrected chi connectivity index (χ2v) is 2.20. The second kappa shape index (κ2) is 2.89. The lowest BCUT2D eigenvalue weighted by Crippen LogP contribution is -1.91. The van der Waals surface area contributed by atoms with E-state index < -0.39 is 0 Å². The fourth-order valence-electron chi connectivity index (χ4n) is 0.456. The summed E-state index contributed by atoms with van der Waals surface area (Å²) in [5, 5.41) is 8.59. The van der Waals surface area contributed by atoms with Gasteiger partial charge in [-0.1, -0.05) is 0 Å². The number of hydrogen-bond acceptors (Lipinski definition) is 3. The van der Waals surface area contributed by atoms with Gasteiger partial charge in [-0.15, -0.1) is 0 Å². The van der Waals surface area contributed by atoms with Crippen LogP contribution in [0.2, 0.25) is 0 Å². The SMILES string of the molecule is OCc1nccnc1Br. The summed E-state index contributed by atoms with van der Waals surface area (Å²) >= 11 is 3.12. The van der Waals surface area contributed by atoms with Crippen molar-refractivity contribution < 1.29 is 5.11 Å². The van der Waals surface area contributed by atoms with Crippen LogP contribution in [-0.2, 0) is 6.61 Å². The second-order valence-electron chi connectivity index (χ2n) is 1.45. The highest BCUT2D eigenvalue weighted by Crippen LogP contribution is 2.08. The number of halogens is 1. The van der Waals surface area contributed by atoms with Gasteiger partial charge in [0.05, 0.1) is 12.3 Å². The molecule has 1 heterocycles. The molecule has 1 N–H and O–H groups in total. The van der Waals surface area contributed by atoms with Gasteiger partial charge in [0.2, 0.25) is 0 Å². The highest BCUT2D eigenvalue weighted by Gasteiger charge is 1.96. The normalized spacial score (nSPS) is 9.56. The van der Waals surface area contributed by atoms with Gasteiger partial charge in [-0.3, -0.25) is 4.98 Å². The lowest BCUT2D eigenvalue weighted by Gasteiger charge is -1.93. The molecule has 3 nitrogen and oxygen atoms in total. The van der Waals surface area contributed by atoms with Gasteiger partial charge in [0.25, 0.3) is 0 Å². The van der Waals surface area contributed by atoms with E-state index in [1.165, 1.54) is 6.20 Å². The molecule has 0 saturated heterocycles. The van der Waals surface area contributed by atoms with Crippen LogP contribution in [0.25, 0.3) is 0 Å². The maximum atomic E-state index is 8.59. The Labute approximate surface area is 60.9 Å². The van der Waals surface area contributed by atoms with Crippen molar-refractivity contribution in [2.24, 2.45) is 0 Å². The molecule has 0 aliphatic rings. The Bertz CT molecular complexity index is 204. The average Bonchev–Trinajstić information content (AvgIpc) is 1.89. The summed E-state index contributed by atoms with van der Waals surface area (Å²) in [4.78, 5) is 7.68. The topological polar surface area (TPSA) is 46.0 Å². The fourth-order valence-corrected chi connectivity index (χ4v) is 0.802. The van der Waals surface area contributed by atoms with Crippen LogP contribution in [0.3, 0.4) is 0 Å². The smallest absolute Gasteiger partial charge is 0.129 e. The van der Waals surface area contributed by atoms with E-state index in [1.807, 2.05) is 0 Å². The van der Waals surface area contributed by atoms with Gasteiger partial charge < -0.3 is 5.11 Å². The van der Waals surface area contributed by atoms with E-state index in [1.54, 1.807) is 6.20 Å². The first-order valence-electron chi connectivity index (χ1n) is 2.41. The van der Waals surface area contributed by atoms with E-state index >= 15 is 0 Å². The van der Waals surface area contributed by atoms with Crippen LogP contribution < -0.4 is 0 Å². The summed E-state index contributed by atoms with van der Waals surface area (Å²) in [6.45, 7) is -0.0750. The first-order chi connectivity index (χ1) is 4.34. The van der Waals surface area contributed by atoms with Gasteiger partial charge in [0.1, 0.15) is 4.60 Å². The first-order valence-corrected chi connectivity index (χ1v) is 3.20. The Kier molecular flexibility index (Phi) is 2.13. The number of hydrogen-bond donors (Lipinski definition) is 1. The third-order valence-electron chi connectivity index (χ3n) is 0.873. The largest absolute Gasteiger partial charge is 0.390 e. The molecule has 0 aliphatic heterocycles. The molecule has 0 aromatic carbocycles. The van der Waals surface area contributed by atoms with Crippen molar-refractivity contribution in [2.45, 2.75) is 6.61 Å². The number of aromatic nitrogens is 2. The molecule has 0 spiro atoms. The van der Waals surface area contributed by atoms with Crippen molar-refractivity contribution in [3.63, 3.8) is 0 Å². The molecule has 1 rings (SSSR count). The van der Waals surface area contributed by atoms with E-state index in [0.29, 0.717) is 10.3 Å². The number of rotatable bonds is 1. The molecule has 0 radical (unpaired) electrons. The van der Waals surface area contributed by atoms with E-state index in [2.05, 4.69) is 25.9 Å². The minimum atomic E-state index is -0.0750. The van der Waals surface area contributed by atoms with Gasteiger partial charge in [-0.2, -0.15) is 0 Å². The summed E-state index contributed by atoms with van der Waals surface area (Å²) in [5.74, 6) is 0. The molecule has 9 heavy (non-hydrogen) atoms. The predicted molar refractivity (Wildman–Crippen MR) is 35.7 cm³/mol. The Morgan fingerprint density at radius 1 is 1.44 bits per heavy atom. The Morgan fingerprint density at radius 2 is 2.11 bits per heavy atom. The van der Waals surface area contributed by atoms with Crippen LogP contribution in [0, 0.1) is 0 Å². The van der Waals surface area contributed by atoms with Crippen molar-refractivity contribution in [3.05, 3.63) is 22.7 Å². The molecule has 0 unspecified atom stereocenters. The highest BCUT2D eigenvalue weighted by molar-refractivity contribution is 9.10. The van der Waals surface area contributed by atoms with Gasteiger partial charge in [-0.25, -0.2) is 4.98 Å². The third kappa shape index (κ3) is 1.46. The zero-order valence-electron chi connectivity index (χ0n) is 4.58. The number of aliphatic hydroxyl groups excluding tert-OH is 1. The standard InChI is InChI=1S/C5H5BrN2O/c6-5-4(3-9)7-1-2-8-5/h1-2,9H,3H2. The monoisotopic (exact) mass is 188 g/mol. The first kappa shape index (κ1) is 6.64. The van der Waals surface area contributed by atoms with E-state index in [4.69, 9.17) is 5.11 Å². The molecule has 0 bridgehead atoms. The molecule has 1 aromatic rings. The molecular formula is C5H5BrN2O. The molecule has 0 aliphatic carbocycles. The molecular weight excluding hydrogens is 184 g/mol. The molecule has 0 amide bonds. The lowest BCUT2D eigenvalue weighted by atomic mass is 10.5. The lowest BCUT2D eigenvalue weighted by molar-refractivity contribution is 0.275.